The summed E-state index contributed by atoms with van der Waals surface area (Å²) in [5.41, 5.74) is 1.31. The fourth-order valence-electron chi connectivity index (χ4n) is 3.17. The summed E-state index contributed by atoms with van der Waals surface area (Å²) in [6.07, 6.45) is 0.0366. The van der Waals surface area contributed by atoms with E-state index >= 15 is 0 Å². The molecule has 0 atom stereocenters. The molecule has 0 aliphatic carbocycles. The Bertz CT molecular complexity index is 774. The number of benzene rings is 2. The van der Waals surface area contributed by atoms with Gasteiger partial charge >= 0.3 is 0 Å². The Labute approximate surface area is 159 Å². The van der Waals surface area contributed by atoms with E-state index in [-0.39, 0.29) is 17.8 Å². The quantitative estimate of drug-likeness (QED) is 0.846. The van der Waals surface area contributed by atoms with Gasteiger partial charge in [-0.25, -0.2) is 4.39 Å². The summed E-state index contributed by atoms with van der Waals surface area (Å²) >= 11 is 0. The van der Waals surface area contributed by atoms with Gasteiger partial charge in [0.1, 0.15) is 11.6 Å². The van der Waals surface area contributed by atoms with Crippen molar-refractivity contribution in [2.24, 2.45) is 0 Å². The summed E-state index contributed by atoms with van der Waals surface area (Å²) < 4.78 is 19.7. The predicted octanol–water partition coefficient (Wildman–Crippen LogP) is 3.37. The molecule has 5 nitrogen and oxygen atoms in total. The SMILES string of the molecule is CC(C)Oc1ccccc1NC(=O)CN1CCN(c2ccccc2F)CC1. The number of nitrogens with one attached hydrogen (secondary N) is 1. The van der Waals surface area contributed by atoms with Gasteiger partial charge < -0.3 is 15.0 Å². The van der Waals surface area contributed by atoms with Crippen LogP contribution in [0.1, 0.15) is 13.8 Å². The van der Waals surface area contributed by atoms with E-state index in [0.717, 1.165) is 0 Å². The summed E-state index contributed by atoms with van der Waals surface area (Å²) in [5.74, 6) is 0.393. The zero-order valence-corrected chi connectivity index (χ0v) is 15.8. The van der Waals surface area contributed by atoms with Crippen LogP contribution in [-0.4, -0.2) is 49.6 Å². The normalized spacial score (nSPS) is 15.0. The molecule has 1 saturated heterocycles. The third kappa shape index (κ3) is 5.20. The van der Waals surface area contributed by atoms with Crippen molar-refractivity contribution in [2.75, 3.05) is 42.9 Å². The standard InChI is InChI=1S/C21H26FN3O2/c1-16(2)27-20-10-6-4-8-18(20)23-21(26)15-24-11-13-25(14-12-24)19-9-5-3-7-17(19)22/h3-10,16H,11-15H2,1-2H3,(H,23,26). The van der Waals surface area contributed by atoms with Gasteiger partial charge in [-0.1, -0.05) is 24.3 Å². The van der Waals surface area contributed by atoms with Gasteiger partial charge in [0.25, 0.3) is 0 Å². The molecule has 0 radical (unpaired) electrons. The third-order valence-corrected chi connectivity index (χ3v) is 4.46. The van der Waals surface area contributed by atoms with Gasteiger partial charge in [0, 0.05) is 26.2 Å². The highest BCUT2D eigenvalue weighted by Gasteiger charge is 2.21. The Morgan fingerprint density at radius 2 is 1.74 bits per heavy atom. The first kappa shape index (κ1) is 19.2. The van der Waals surface area contributed by atoms with Crippen LogP contribution in [0.25, 0.3) is 0 Å². The summed E-state index contributed by atoms with van der Waals surface area (Å²) in [6, 6.07) is 14.3. The lowest BCUT2D eigenvalue weighted by Gasteiger charge is -2.35. The van der Waals surface area contributed by atoms with Crippen LogP contribution in [0.5, 0.6) is 5.75 Å². The predicted molar refractivity (Wildman–Crippen MR) is 106 cm³/mol. The van der Waals surface area contributed by atoms with E-state index < -0.39 is 0 Å². The number of carbonyl (C=O) groups is 1. The molecule has 0 bridgehead atoms. The number of amides is 1. The fraction of sp³-hybridized carbons (Fsp3) is 0.381. The molecule has 2 aromatic rings. The average Bonchev–Trinajstić information content (AvgIpc) is 2.64. The first-order valence-corrected chi connectivity index (χ1v) is 9.30. The van der Waals surface area contributed by atoms with Crippen molar-refractivity contribution in [1.29, 1.82) is 0 Å². The monoisotopic (exact) mass is 371 g/mol. The minimum atomic E-state index is -0.203. The lowest BCUT2D eigenvalue weighted by molar-refractivity contribution is -0.117. The molecule has 0 unspecified atom stereocenters. The van der Waals surface area contributed by atoms with E-state index in [0.29, 0.717) is 49.8 Å². The van der Waals surface area contributed by atoms with Crippen LogP contribution >= 0.6 is 0 Å². The Morgan fingerprint density at radius 3 is 2.44 bits per heavy atom. The van der Waals surface area contributed by atoms with E-state index in [1.807, 2.05) is 49.1 Å². The Hall–Kier alpha value is -2.60. The largest absolute Gasteiger partial charge is 0.489 e. The van der Waals surface area contributed by atoms with E-state index in [1.54, 1.807) is 12.1 Å². The van der Waals surface area contributed by atoms with Gasteiger partial charge in [-0.2, -0.15) is 0 Å². The van der Waals surface area contributed by atoms with Crippen molar-refractivity contribution >= 4 is 17.3 Å². The van der Waals surface area contributed by atoms with Crippen LogP contribution in [0, 0.1) is 5.82 Å². The van der Waals surface area contributed by atoms with Crippen LogP contribution in [0.3, 0.4) is 0 Å². The zero-order valence-electron chi connectivity index (χ0n) is 15.8. The Morgan fingerprint density at radius 1 is 1.07 bits per heavy atom. The molecule has 6 heteroatoms. The van der Waals surface area contributed by atoms with Gasteiger partial charge in [-0.15, -0.1) is 0 Å². The number of ether oxygens (including phenoxy) is 1. The number of halogens is 1. The van der Waals surface area contributed by atoms with Crippen LogP contribution in [-0.2, 0) is 4.79 Å². The van der Waals surface area contributed by atoms with Crippen LogP contribution in [0.2, 0.25) is 0 Å². The molecule has 1 N–H and O–H groups in total. The number of piperazine rings is 1. The second-order valence-corrected chi connectivity index (χ2v) is 6.93. The minimum absolute atomic E-state index is 0.0366. The molecule has 0 spiro atoms. The lowest BCUT2D eigenvalue weighted by Crippen LogP contribution is -2.48. The molecular weight excluding hydrogens is 345 g/mol. The molecule has 0 saturated carbocycles. The van der Waals surface area contributed by atoms with Crippen molar-refractivity contribution < 1.29 is 13.9 Å². The van der Waals surface area contributed by atoms with E-state index in [4.69, 9.17) is 4.74 Å². The summed E-state index contributed by atoms with van der Waals surface area (Å²) in [6.45, 7) is 7.03. The van der Waals surface area contributed by atoms with Crippen molar-refractivity contribution in [2.45, 2.75) is 20.0 Å². The highest BCUT2D eigenvalue weighted by molar-refractivity contribution is 5.93. The number of carbonyl (C=O) groups excluding carboxylic acids is 1. The summed E-state index contributed by atoms with van der Waals surface area (Å²) in [4.78, 5) is 16.5. The molecule has 1 amide bonds. The van der Waals surface area contributed by atoms with E-state index in [2.05, 4.69) is 10.2 Å². The fourth-order valence-corrected chi connectivity index (χ4v) is 3.17. The summed E-state index contributed by atoms with van der Waals surface area (Å²) in [5, 5.41) is 2.94. The van der Waals surface area contributed by atoms with Gasteiger partial charge in [0.15, 0.2) is 0 Å². The van der Waals surface area contributed by atoms with Gasteiger partial charge in [0.2, 0.25) is 5.91 Å². The number of anilines is 2. The second-order valence-electron chi connectivity index (χ2n) is 6.93. The number of hydrogen-bond donors (Lipinski definition) is 1. The smallest absolute Gasteiger partial charge is 0.238 e. The highest BCUT2D eigenvalue weighted by atomic mass is 19.1. The number of nitrogens with zero attached hydrogens (tertiary/aromatic N) is 2. The molecule has 27 heavy (non-hydrogen) atoms. The first-order chi connectivity index (χ1) is 13.0. The molecule has 1 heterocycles. The van der Waals surface area contributed by atoms with Crippen molar-refractivity contribution in [3.8, 4) is 5.75 Å². The zero-order chi connectivity index (χ0) is 19.2. The third-order valence-electron chi connectivity index (χ3n) is 4.46. The van der Waals surface area contributed by atoms with Crippen molar-refractivity contribution in [3.05, 3.63) is 54.3 Å². The number of rotatable bonds is 6. The Kier molecular flexibility index (Phi) is 6.29. The molecule has 1 aliphatic heterocycles. The van der Waals surface area contributed by atoms with E-state index in [1.165, 1.54) is 6.07 Å². The maximum absolute atomic E-state index is 13.9. The second kappa shape index (κ2) is 8.86. The van der Waals surface area contributed by atoms with E-state index in [9.17, 15) is 9.18 Å². The molecule has 1 aliphatic rings. The number of para-hydroxylation sites is 3. The highest BCUT2D eigenvalue weighted by Crippen LogP contribution is 2.25. The first-order valence-electron chi connectivity index (χ1n) is 9.30. The molecule has 3 rings (SSSR count). The molecule has 144 valence electrons. The minimum Gasteiger partial charge on any atom is -0.489 e. The van der Waals surface area contributed by atoms with Crippen molar-refractivity contribution in [1.82, 2.24) is 4.90 Å². The van der Waals surface area contributed by atoms with Crippen LogP contribution in [0.15, 0.2) is 48.5 Å². The van der Waals surface area contributed by atoms with Crippen LogP contribution in [0.4, 0.5) is 15.8 Å². The average molecular weight is 371 g/mol. The van der Waals surface area contributed by atoms with Crippen LogP contribution < -0.4 is 15.0 Å². The van der Waals surface area contributed by atoms with Gasteiger partial charge in [-0.05, 0) is 38.1 Å². The van der Waals surface area contributed by atoms with Gasteiger partial charge in [-0.3, -0.25) is 9.69 Å². The maximum Gasteiger partial charge on any atom is 0.238 e. The molecule has 0 aromatic heterocycles. The summed E-state index contributed by atoms with van der Waals surface area (Å²) in [7, 11) is 0. The molecule has 2 aromatic carbocycles. The maximum atomic E-state index is 13.9. The van der Waals surface area contributed by atoms with Gasteiger partial charge in [0.05, 0.1) is 24.0 Å². The molecular formula is C21H26FN3O2. The lowest BCUT2D eigenvalue weighted by atomic mass is 10.2. The molecule has 1 fully saturated rings. The Balaban J connectivity index is 1.52. The topological polar surface area (TPSA) is 44.8 Å². The number of hydrogen-bond acceptors (Lipinski definition) is 4. The van der Waals surface area contributed by atoms with Crippen molar-refractivity contribution in [3.63, 3.8) is 0 Å².